The Bertz CT molecular complexity index is 338. The standard InChI is InChI=1S/C24H48N2/c1-5-9-16-22(17-10-6-2)23(18-11-7-3,19-12-8-4)26-24(25-22)20-14-13-15-21-24/h25-26H,5-21H2,1-4H3. The van der Waals surface area contributed by atoms with Gasteiger partial charge in [0.1, 0.15) is 0 Å². The highest BCUT2D eigenvalue weighted by Gasteiger charge is 2.60. The number of hydrogen-bond donors (Lipinski definition) is 2. The summed E-state index contributed by atoms with van der Waals surface area (Å²) in [6, 6.07) is 0. The fraction of sp³-hybridized carbons (Fsp3) is 1.00. The summed E-state index contributed by atoms with van der Waals surface area (Å²) < 4.78 is 0. The molecule has 0 bridgehead atoms. The van der Waals surface area contributed by atoms with Crippen LogP contribution in [0.4, 0.5) is 0 Å². The number of unbranched alkanes of at least 4 members (excludes halogenated alkanes) is 4. The van der Waals surface area contributed by atoms with E-state index in [0.717, 1.165) is 0 Å². The maximum Gasteiger partial charge on any atom is 0.0696 e. The Labute approximate surface area is 164 Å². The van der Waals surface area contributed by atoms with Crippen LogP contribution in [0.5, 0.6) is 0 Å². The van der Waals surface area contributed by atoms with Gasteiger partial charge < -0.3 is 0 Å². The smallest absolute Gasteiger partial charge is 0.0696 e. The molecule has 0 aromatic carbocycles. The van der Waals surface area contributed by atoms with Gasteiger partial charge in [0, 0.05) is 11.1 Å². The predicted octanol–water partition coefficient (Wildman–Crippen LogP) is 7.08. The summed E-state index contributed by atoms with van der Waals surface area (Å²) in [5.41, 5.74) is 0.878. The molecule has 1 heterocycles. The van der Waals surface area contributed by atoms with Gasteiger partial charge in [0.15, 0.2) is 0 Å². The van der Waals surface area contributed by atoms with E-state index < -0.39 is 0 Å². The molecule has 0 aromatic heterocycles. The van der Waals surface area contributed by atoms with Gasteiger partial charge in [0.25, 0.3) is 0 Å². The van der Waals surface area contributed by atoms with E-state index in [1.165, 1.54) is 109 Å². The second-order valence-corrected chi connectivity index (χ2v) is 9.47. The van der Waals surface area contributed by atoms with Gasteiger partial charge in [0.05, 0.1) is 5.66 Å². The summed E-state index contributed by atoms with van der Waals surface area (Å²) in [6.07, 6.45) is 23.1. The lowest BCUT2D eigenvalue weighted by atomic mass is 9.67. The molecular formula is C24H48N2. The van der Waals surface area contributed by atoms with Gasteiger partial charge in [-0.15, -0.1) is 0 Å². The summed E-state index contributed by atoms with van der Waals surface area (Å²) >= 11 is 0. The Morgan fingerprint density at radius 2 is 0.885 bits per heavy atom. The van der Waals surface area contributed by atoms with Crippen molar-refractivity contribution in [2.45, 2.75) is 154 Å². The summed E-state index contributed by atoms with van der Waals surface area (Å²) in [7, 11) is 0. The summed E-state index contributed by atoms with van der Waals surface area (Å²) in [4.78, 5) is 0. The number of hydrogen-bond acceptors (Lipinski definition) is 2. The number of nitrogens with one attached hydrogen (secondary N) is 2. The highest BCUT2D eigenvalue weighted by Crippen LogP contribution is 2.49. The van der Waals surface area contributed by atoms with Crippen LogP contribution >= 0.6 is 0 Å². The van der Waals surface area contributed by atoms with E-state index in [4.69, 9.17) is 0 Å². The molecule has 154 valence electrons. The van der Waals surface area contributed by atoms with Crippen LogP contribution in [0.1, 0.15) is 137 Å². The molecule has 0 aromatic rings. The minimum atomic E-state index is 0.237. The van der Waals surface area contributed by atoms with Gasteiger partial charge in [-0.1, -0.05) is 98.3 Å². The van der Waals surface area contributed by atoms with Gasteiger partial charge in [-0.3, -0.25) is 10.6 Å². The van der Waals surface area contributed by atoms with Crippen LogP contribution in [0.15, 0.2) is 0 Å². The van der Waals surface area contributed by atoms with Crippen LogP contribution in [0.3, 0.4) is 0 Å². The van der Waals surface area contributed by atoms with Crippen molar-refractivity contribution in [2.75, 3.05) is 0 Å². The van der Waals surface area contributed by atoms with Crippen molar-refractivity contribution in [1.82, 2.24) is 10.6 Å². The molecule has 2 rings (SSSR count). The van der Waals surface area contributed by atoms with E-state index in [2.05, 4.69) is 38.3 Å². The lowest BCUT2D eigenvalue weighted by Crippen LogP contribution is -2.60. The third-order valence-corrected chi connectivity index (χ3v) is 7.41. The molecule has 2 fully saturated rings. The Kier molecular flexibility index (Phi) is 8.94. The Balaban J connectivity index is 2.38. The van der Waals surface area contributed by atoms with Crippen LogP contribution in [-0.2, 0) is 0 Å². The zero-order valence-electron chi connectivity index (χ0n) is 18.5. The molecule has 1 saturated carbocycles. The Morgan fingerprint density at radius 3 is 1.19 bits per heavy atom. The molecule has 1 saturated heterocycles. The van der Waals surface area contributed by atoms with Gasteiger partial charge in [-0.25, -0.2) is 0 Å². The molecule has 0 amide bonds. The van der Waals surface area contributed by atoms with Gasteiger partial charge in [0.2, 0.25) is 0 Å². The fourth-order valence-electron chi connectivity index (χ4n) is 5.96. The SMILES string of the molecule is CCCCC1(CCCC)NC2(CCCCC2)NC1(CCCC)CCCC. The molecule has 1 aliphatic heterocycles. The first-order valence-corrected chi connectivity index (χ1v) is 12.2. The molecule has 0 unspecified atom stereocenters. The van der Waals surface area contributed by atoms with Gasteiger partial charge in [-0.2, -0.15) is 0 Å². The molecule has 0 atom stereocenters. The van der Waals surface area contributed by atoms with Crippen molar-refractivity contribution in [3.8, 4) is 0 Å². The molecule has 1 aliphatic carbocycles. The molecule has 2 aliphatic rings. The zero-order chi connectivity index (χ0) is 18.9. The largest absolute Gasteiger partial charge is 0.292 e. The number of rotatable bonds is 12. The maximum atomic E-state index is 4.39. The predicted molar refractivity (Wildman–Crippen MR) is 116 cm³/mol. The maximum absolute atomic E-state index is 4.39. The minimum Gasteiger partial charge on any atom is -0.292 e. The molecule has 2 nitrogen and oxygen atoms in total. The quantitative estimate of drug-likeness (QED) is 0.386. The van der Waals surface area contributed by atoms with Crippen molar-refractivity contribution in [2.24, 2.45) is 0 Å². The molecule has 2 N–H and O–H groups in total. The molecule has 26 heavy (non-hydrogen) atoms. The Morgan fingerprint density at radius 1 is 0.538 bits per heavy atom. The van der Waals surface area contributed by atoms with Crippen molar-refractivity contribution in [3.63, 3.8) is 0 Å². The van der Waals surface area contributed by atoms with Crippen LogP contribution in [-0.4, -0.2) is 16.7 Å². The van der Waals surface area contributed by atoms with E-state index in [1.807, 2.05) is 0 Å². The molecule has 1 spiro atoms. The van der Waals surface area contributed by atoms with Crippen LogP contribution in [0.25, 0.3) is 0 Å². The summed E-state index contributed by atoms with van der Waals surface area (Å²) in [5.74, 6) is 0. The first-order valence-electron chi connectivity index (χ1n) is 12.2. The third-order valence-electron chi connectivity index (χ3n) is 7.41. The van der Waals surface area contributed by atoms with E-state index in [9.17, 15) is 0 Å². The van der Waals surface area contributed by atoms with Crippen LogP contribution < -0.4 is 10.6 Å². The minimum absolute atomic E-state index is 0.237. The first-order chi connectivity index (χ1) is 12.6. The topological polar surface area (TPSA) is 24.1 Å². The van der Waals surface area contributed by atoms with Gasteiger partial charge in [-0.05, 0) is 38.5 Å². The third kappa shape index (κ3) is 4.85. The highest BCUT2D eigenvalue weighted by molar-refractivity contribution is 5.21. The Hall–Kier alpha value is -0.0800. The van der Waals surface area contributed by atoms with E-state index in [1.54, 1.807) is 0 Å². The second-order valence-electron chi connectivity index (χ2n) is 9.47. The average molecular weight is 365 g/mol. The summed E-state index contributed by atoms with van der Waals surface area (Å²) in [5, 5.41) is 8.77. The summed E-state index contributed by atoms with van der Waals surface area (Å²) in [6.45, 7) is 9.47. The normalized spacial score (nSPS) is 23.5. The lowest BCUT2D eigenvalue weighted by Gasteiger charge is -2.47. The lowest BCUT2D eigenvalue weighted by molar-refractivity contribution is 0.142. The molecule has 2 heteroatoms. The van der Waals surface area contributed by atoms with E-state index >= 15 is 0 Å². The van der Waals surface area contributed by atoms with Crippen molar-refractivity contribution in [3.05, 3.63) is 0 Å². The van der Waals surface area contributed by atoms with Crippen LogP contribution in [0, 0.1) is 0 Å². The van der Waals surface area contributed by atoms with Crippen molar-refractivity contribution in [1.29, 1.82) is 0 Å². The average Bonchev–Trinajstić information content (AvgIpc) is 2.91. The second kappa shape index (κ2) is 10.5. The van der Waals surface area contributed by atoms with E-state index in [0.29, 0.717) is 11.1 Å². The van der Waals surface area contributed by atoms with Gasteiger partial charge >= 0.3 is 0 Å². The molecule has 0 radical (unpaired) electrons. The fourth-order valence-corrected chi connectivity index (χ4v) is 5.96. The van der Waals surface area contributed by atoms with Crippen molar-refractivity contribution < 1.29 is 0 Å². The van der Waals surface area contributed by atoms with Crippen LogP contribution in [0.2, 0.25) is 0 Å². The molecular weight excluding hydrogens is 316 g/mol. The zero-order valence-corrected chi connectivity index (χ0v) is 18.5. The van der Waals surface area contributed by atoms with E-state index in [-0.39, 0.29) is 5.66 Å². The highest BCUT2D eigenvalue weighted by atomic mass is 15.4. The first kappa shape index (κ1) is 22.2. The monoisotopic (exact) mass is 364 g/mol. The van der Waals surface area contributed by atoms with Crippen molar-refractivity contribution >= 4 is 0 Å².